The van der Waals surface area contributed by atoms with E-state index in [4.69, 9.17) is 9.97 Å². The average molecular weight is 461 g/mol. The zero-order valence-corrected chi connectivity index (χ0v) is 20.1. The minimum absolute atomic E-state index is 0.0521. The van der Waals surface area contributed by atoms with Crippen LogP contribution in [0.1, 0.15) is 29.2 Å². The number of rotatable bonds is 1. The van der Waals surface area contributed by atoms with Crippen LogP contribution in [0.3, 0.4) is 0 Å². The van der Waals surface area contributed by atoms with Gasteiger partial charge in [0.2, 0.25) is 0 Å². The van der Waals surface area contributed by atoms with Crippen LogP contribution >= 0.6 is 0 Å². The lowest BCUT2D eigenvalue weighted by Gasteiger charge is -2.51. The molecule has 2 fully saturated rings. The van der Waals surface area contributed by atoms with Gasteiger partial charge in [-0.3, -0.25) is 9.69 Å². The summed E-state index contributed by atoms with van der Waals surface area (Å²) in [5, 5.41) is 0. The summed E-state index contributed by atoms with van der Waals surface area (Å²) < 4.78 is 0. The number of fused-ring (bicyclic) bond motifs is 7. The predicted octanol–water partition coefficient (Wildman–Crippen LogP) is 4.47. The van der Waals surface area contributed by atoms with Crippen molar-refractivity contribution in [2.45, 2.75) is 17.9 Å². The Morgan fingerprint density at radius 1 is 0.857 bits per heavy atom. The molecule has 35 heavy (non-hydrogen) atoms. The lowest BCUT2D eigenvalue weighted by Crippen LogP contribution is -2.62. The molecular formula is C30H28N4O. The Hall–Kier alpha value is -3.41. The van der Waals surface area contributed by atoms with Crippen molar-refractivity contribution in [3.05, 3.63) is 95.7 Å². The topological polar surface area (TPSA) is 49.3 Å². The molecule has 3 atom stereocenters. The number of likely N-dealkylation sites (tertiary alicyclic amines) is 2. The van der Waals surface area contributed by atoms with E-state index >= 15 is 0 Å². The molecule has 7 rings (SSSR count). The molecule has 5 heteroatoms. The summed E-state index contributed by atoms with van der Waals surface area (Å²) >= 11 is 0. The van der Waals surface area contributed by atoms with Gasteiger partial charge in [-0.15, -0.1) is 0 Å². The maximum atomic E-state index is 14.4. The number of benzene rings is 3. The summed E-state index contributed by atoms with van der Waals surface area (Å²) in [5.41, 5.74) is 5.75. The monoisotopic (exact) mass is 460 g/mol. The van der Waals surface area contributed by atoms with Gasteiger partial charge in [-0.1, -0.05) is 66.7 Å². The quantitative estimate of drug-likeness (QED) is 0.419. The van der Waals surface area contributed by atoms with Gasteiger partial charge < -0.3 is 4.90 Å². The zero-order chi connectivity index (χ0) is 23.8. The number of hydrogen-bond donors (Lipinski definition) is 0. The van der Waals surface area contributed by atoms with Crippen molar-refractivity contribution in [3.8, 4) is 11.3 Å². The molecule has 5 nitrogen and oxygen atoms in total. The largest absolute Gasteiger partial charge is 0.305 e. The first-order valence-electron chi connectivity index (χ1n) is 12.4. The summed E-state index contributed by atoms with van der Waals surface area (Å²) in [4.78, 5) is 29.7. The smallest absolute Gasteiger partial charge is 0.144 e. The van der Waals surface area contributed by atoms with Gasteiger partial charge >= 0.3 is 0 Å². The van der Waals surface area contributed by atoms with Crippen molar-refractivity contribution in [1.82, 2.24) is 19.8 Å². The van der Waals surface area contributed by atoms with Gasteiger partial charge in [-0.05, 0) is 37.4 Å². The third-order valence-electron chi connectivity index (χ3n) is 8.69. The average Bonchev–Trinajstić information content (AvgIpc) is 3.32. The number of para-hydroxylation sites is 2. The van der Waals surface area contributed by atoms with Crippen LogP contribution in [0.4, 0.5) is 0 Å². The van der Waals surface area contributed by atoms with Crippen LogP contribution in [0.5, 0.6) is 0 Å². The molecule has 2 aliphatic heterocycles. The Morgan fingerprint density at radius 3 is 2.34 bits per heavy atom. The second kappa shape index (κ2) is 7.30. The Morgan fingerprint density at radius 2 is 1.54 bits per heavy atom. The van der Waals surface area contributed by atoms with E-state index in [1.165, 1.54) is 5.56 Å². The summed E-state index contributed by atoms with van der Waals surface area (Å²) in [5.74, 6) is 0.391. The molecular weight excluding hydrogens is 432 g/mol. The molecule has 0 unspecified atom stereocenters. The van der Waals surface area contributed by atoms with Crippen LogP contribution in [0, 0.1) is 5.41 Å². The van der Waals surface area contributed by atoms with E-state index in [1.54, 1.807) is 0 Å². The molecule has 174 valence electrons. The molecule has 3 heterocycles. The molecule has 2 spiro atoms. The fraction of sp³-hybridized carbons (Fsp3) is 0.300. The van der Waals surface area contributed by atoms with Gasteiger partial charge in [0.25, 0.3) is 0 Å². The second-order valence-electron chi connectivity index (χ2n) is 10.4. The second-order valence-corrected chi connectivity index (χ2v) is 10.4. The number of likely N-dealkylation sites (N-methyl/N-ethyl adjacent to an activating group) is 1. The van der Waals surface area contributed by atoms with Crippen molar-refractivity contribution in [2.75, 3.05) is 33.7 Å². The van der Waals surface area contributed by atoms with Crippen LogP contribution in [-0.4, -0.2) is 59.3 Å². The Bertz CT molecular complexity index is 1480. The van der Waals surface area contributed by atoms with Crippen molar-refractivity contribution in [2.24, 2.45) is 5.41 Å². The van der Waals surface area contributed by atoms with Gasteiger partial charge in [0.05, 0.1) is 27.8 Å². The van der Waals surface area contributed by atoms with Gasteiger partial charge in [0.1, 0.15) is 11.3 Å². The third kappa shape index (κ3) is 2.52. The summed E-state index contributed by atoms with van der Waals surface area (Å²) in [6.45, 7) is 2.27. The van der Waals surface area contributed by atoms with E-state index in [1.807, 2.05) is 24.3 Å². The van der Waals surface area contributed by atoms with E-state index in [0.29, 0.717) is 18.7 Å². The van der Waals surface area contributed by atoms with Crippen molar-refractivity contribution < 1.29 is 4.79 Å². The fourth-order valence-corrected chi connectivity index (χ4v) is 7.37. The minimum Gasteiger partial charge on any atom is -0.305 e. The first-order valence-corrected chi connectivity index (χ1v) is 12.4. The zero-order valence-electron chi connectivity index (χ0n) is 20.1. The number of carbonyl (C=O) groups excluding carboxylic acids is 1. The highest BCUT2D eigenvalue weighted by Gasteiger charge is 2.72. The highest BCUT2D eigenvalue weighted by atomic mass is 16.1. The molecule has 3 aliphatic rings. The number of hydrogen-bond acceptors (Lipinski definition) is 5. The summed E-state index contributed by atoms with van der Waals surface area (Å²) in [6.07, 6.45) is 0.550. The highest BCUT2D eigenvalue weighted by Crippen LogP contribution is 2.67. The van der Waals surface area contributed by atoms with E-state index in [2.05, 4.69) is 78.5 Å². The molecule has 4 aromatic rings. The normalized spacial score (nSPS) is 28.2. The highest BCUT2D eigenvalue weighted by molar-refractivity contribution is 5.94. The summed E-state index contributed by atoms with van der Waals surface area (Å²) in [6, 6.07) is 27.2. The Labute approximate surface area is 205 Å². The Kier molecular flexibility index (Phi) is 4.36. The lowest BCUT2D eigenvalue weighted by molar-refractivity contribution is -0.140. The van der Waals surface area contributed by atoms with Gasteiger partial charge in [-0.2, -0.15) is 0 Å². The van der Waals surface area contributed by atoms with Crippen LogP contribution in [0.25, 0.3) is 22.3 Å². The van der Waals surface area contributed by atoms with Crippen LogP contribution in [0.15, 0.2) is 78.9 Å². The first kappa shape index (κ1) is 20.9. The molecule has 1 aliphatic carbocycles. The van der Waals surface area contributed by atoms with E-state index in [0.717, 1.165) is 46.6 Å². The van der Waals surface area contributed by atoms with Gasteiger partial charge in [-0.25, -0.2) is 9.97 Å². The molecule has 1 aromatic heterocycles. The molecule has 0 amide bonds. The Balaban J connectivity index is 1.62. The number of Topliss-reactive ketones (excluding diaryl/α,β-unsaturated/α-hetero) is 1. The first-order chi connectivity index (χ1) is 17.1. The van der Waals surface area contributed by atoms with E-state index < -0.39 is 11.0 Å². The minimum atomic E-state index is -0.678. The van der Waals surface area contributed by atoms with Crippen molar-refractivity contribution >= 4 is 16.8 Å². The number of aromatic nitrogens is 2. The standard InChI is InChI=1S/C30H28N4O/c1-33-17-16-26(35)29(19-33)23(20-10-4-3-5-11-20)18-34(2)30(29)22-13-7-6-12-21(22)27-28(30)32-25-15-9-8-14-24(25)31-27/h3-15,23H,16-19H2,1-2H3/t23-,29+,30+/m0/s1. The number of nitrogens with zero attached hydrogens (tertiary/aromatic N) is 4. The molecule has 0 N–H and O–H groups in total. The van der Waals surface area contributed by atoms with Crippen LogP contribution in [0.2, 0.25) is 0 Å². The summed E-state index contributed by atoms with van der Waals surface area (Å²) in [7, 11) is 4.32. The maximum Gasteiger partial charge on any atom is 0.144 e. The molecule has 0 saturated carbocycles. The van der Waals surface area contributed by atoms with E-state index in [9.17, 15) is 4.79 Å². The van der Waals surface area contributed by atoms with Crippen LogP contribution in [-0.2, 0) is 10.3 Å². The number of piperidine rings is 1. The van der Waals surface area contributed by atoms with Gasteiger partial charge in [0.15, 0.2) is 0 Å². The molecule has 0 radical (unpaired) electrons. The lowest BCUT2D eigenvalue weighted by atomic mass is 9.56. The SMILES string of the molecule is CN1CCC(=O)[C@@]2(C1)[C@H](c1ccccc1)CN(C)[C@@]21c2ccccc2-c2nc3ccccc3nc21. The van der Waals surface area contributed by atoms with E-state index in [-0.39, 0.29) is 5.92 Å². The fourth-order valence-electron chi connectivity index (χ4n) is 7.37. The number of carbonyl (C=O) groups is 1. The predicted molar refractivity (Wildman–Crippen MR) is 137 cm³/mol. The van der Waals surface area contributed by atoms with Crippen molar-refractivity contribution in [1.29, 1.82) is 0 Å². The number of ketones is 1. The molecule has 0 bridgehead atoms. The van der Waals surface area contributed by atoms with Crippen LogP contribution < -0.4 is 0 Å². The molecule has 2 saturated heterocycles. The third-order valence-corrected chi connectivity index (χ3v) is 8.69. The van der Waals surface area contributed by atoms with Gasteiger partial charge in [0, 0.05) is 37.5 Å². The van der Waals surface area contributed by atoms with Crippen molar-refractivity contribution in [3.63, 3.8) is 0 Å². The molecule has 3 aromatic carbocycles. The maximum absolute atomic E-state index is 14.4.